The van der Waals surface area contributed by atoms with Gasteiger partial charge in [0.25, 0.3) is 0 Å². The molecule has 0 aromatic heterocycles. The van der Waals surface area contributed by atoms with E-state index in [9.17, 15) is 0 Å². The van der Waals surface area contributed by atoms with E-state index in [2.05, 4.69) is 18.8 Å². The standard InChI is InChI=1S/C11H13N/c1-9-3-6-11(7-4-9)8-5-10(2)12/h3-4,6-7,10H,12H2,1-2H3. The molecule has 12 heavy (non-hydrogen) atoms. The highest BCUT2D eigenvalue weighted by Gasteiger charge is 1.86. The quantitative estimate of drug-likeness (QED) is 0.573. The Morgan fingerprint density at radius 1 is 1.25 bits per heavy atom. The van der Waals surface area contributed by atoms with E-state index >= 15 is 0 Å². The molecule has 0 heterocycles. The van der Waals surface area contributed by atoms with Crippen molar-refractivity contribution in [2.75, 3.05) is 0 Å². The van der Waals surface area contributed by atoms with Crippen LogP contribution in [0.25, 0.3) is 0 Å². The molecule has 1 heteroatoms. The van der Waals surface area contributed by atoms with Crippen LogP contribution in [0.1, 0.15) is 18.1 Å². The topological polar surface area (TPSA) is 26.0 Å². The van der Waals surface area contributed by atoms with Crippen LogP contribution >= 0.6 is 0 Å². The Bertz CT molecular complexity index is 298. The van der Waals surface area contributed by atoms with Crippen molar-refractivity contribution in [3.8, 4) is 11.8 Å². The number of rotatable bonds is 0. The van der Waals surface area contributed by atoms with Crippen LogP contribution in [-0.4, -0.2) is 6.04 Å². The second kappa shape index (κ2) is 3.94. The van der Waals surface area contributed by atoms with Gasteiger partial charge >= 0.3 is 0 Å². The first-order valence-electron chi connectivity index (χ1n) is 4.02. The minimum atomic E-state index is -0.0497. The van der Waals surface area contributed by atoms with E-state index in [1.807, 2.05) is 31.2 Å². The van der Waals surface area contributed by atoms with Gasteiger partial charge in [0.05, 0.1) is 6.04 Å². The predicted octanol–water partition coefficient (Wildman–Crippen LogP) is 1.69. The highest BCUT2D eigenvalue weighted by atomic mass is 14.6. The monoisotopic (exact) mass is 159 g/mol. The summed E-state index contributed by atoms with van der Waals surface area (Å²) in [6, 6.07) is 8.05. The second-order valence-electron chi connectivity index (χ2n) is 2.92. The van der Waals surface area contributed by atoms with Crippen LogP contribution in [0.2, 0.25) is 0 Å². The van der Waals surface area contributed by atoms with Gasteiger partial charge in [-0.1, -0.05) is 29.5 Å². The molecule has 0 radical (unpaired) electrons. The van der Waals surface area contributed by atoms with Crippen molar-refractivity contribution in [3.05, 3.63) is 35.4 Å². The van der Waals surface area contributed by atoms with Gasteiger partial charge < -0.3 is 5.73 Å². The van der Waals surface area contributed by atoms with E-state index < -0.39 is 0 Å². The number of hydrogen-bond donors (Lipinski definition) is 1. The third-order valence-electron chi connectivity index (χ3n) is 1.50. The maximum absolute atomic E-state index is 5.50. The molecule has 62 valence electrons. The van der Waals surface area contributed by atoms with E-state index in [0.29, 0.717) is 0 Å². The van der Waals surface area contributed by atoms with Crippen LogP contribution in [-0.2, 0) is 0 Å². The fourth-order valence-corrected chi connectivity index (χ4v) is 0.834. The third-order valence-corrected chi connectivity index (χ3v) is 1.50. The molecule has 0 aliphatic carbocycles. The van der Waals surface area contributed by atoms with Crippen LogP contribution in [0.15, 0.2) is 24.3 Å². The lowest BCUT2D eigenvalue weighted by atomic mass is 10.1. The molecule has 0 aliphatic rings. The van der Waals surface area contributed by atoms with Gasteiger partial charge in [0, 0.05) is 5.56 Å². The van der Waals surface area contributed by atoms with E-state index in [4.69, 9.17) is 5.73 Å². The molecule has 1 atom stereocenters. The molecular weight excluding hydrogens is 146 g/mol. The SMILES string of the molecule is Cc1ccc(C#CC(C)N)cc1. The Labute approximate surface area is 73.6 Å². The Kier molecular flexibility index (Phi) is 2.90. The number of hydrogen-bond acceptors (Lipinski definition) is 1. The molecule has 0 fully saturated rings. The molecule has 0 saturated heterocycles. The average molecular weight is 159 g/mol. The average Bonchev–Trinajstić information content (AvgIpc) is 2.03. The zero-order chi connectivity index (χ0) is 8.97. The molecule has 1 aromatic carbocycles. The Balaban J connectivity index is 2.79. The van der Waals surface area contributed by atoms with Gasteiger partial charge in [0.15, 0.2) is 0 Å². The van der Waals surface area contributed by atoms with Crippen molar-refractivity contribution in [1.29, 1.82) is 0 Å². The minimum Gasteiger partial charge on any atom is -0.318 e. The van der Waals surface area contributed by atoms with Crippen LogP contribution in [0.4, 0.5) is 0 Å². The first-order chi connectivity index (χ1) is 5.68. The maximum atomic E-state index is 5.50. The largest absolute Gasteiger partial charge is 0.318 e. The highest BCUT2D eigenvalue weighted by molar-refractivity contribution is 5.36. The maximum Gasteiger partial charge on any atom is 0.0639 e. The summed E-state index contributed by atoms with van der Waals surface area (Å²) >= 11 is 0. The Morgan fingerprint density at radius 3 is 2.33 bits per heavy atom. The summed E-state index contributed by atoms with van der Waals surface area (Å²) in [5.41, 5.74) is 7.77. The number of nitrogens with two attached hydrogens (primary N) is 1. The van der Waals surface area contributed by atoms with Crippen molar-refractivity contribution < 1.29 is 0 Å². The lowest BCUT2D eigenvalue weighted by molar-refractivity contribution is 0.959. The summed E-state index contributed by atoms with van der Waals surface area (Å²) < 4.78 is 0. The fraction of sp³-hybridized carbons (Fsp3) is 0.273. The molecule has 0 amide bonds. The van der Waals surface area contributed by atoms with Crippen LogP contribution in [0.3, 0.4) is 0 Å². The van der Waals surface area contributed by atoms with Crippen molar-refractivity contribution in [2.45, 2.75) is 19.9 Å². The van der Waals surface area contributed by atoms with Gasteiger partial charge in [0.2, 0.25) is 0 Å². The predicted molar refractivity (Wildman–Crippen MR) is 51.7 cm³/mol. The Hall–Kier alpha value is -1.26. The van der Waals surface area contributed by atoms with Gasteiger partial charge in [-0.2, -0.15) is 0 Å². The zero-order valence-electron chi connectivity index (χ0n) is 7.46. The van der Waals surface area contributed by atoms with Crippen LogP contribution in [0, 0.1) is 18.8 Å². The summed E-state index contributed by atoms with van der Waals surface area (Å²) in [6.45, 7) is 3.93. The molecule has 1 aromatic rings. The molecule has 0 bridgehead atoms. The lowest BCUT2D eigenvalue weighted by Crippen LogP contribution is -2.10. The first-order valence-corrected chi connectivity index (χ1v) is 4.02. The van der Waals surface area contributed by atoms with Crippen molar-refractivity contribution in [3.63, 3.8) is 0 Å². The van der Waals surface area contributed by atoms with Gasteiger partial charge in [0.1, 0.15) is 0 Å². The molecule has 0 aliphatic heterocycles. The minimum absolute atomic E-state index is 0.0497. The fourth-order valence-electron chi connectivity index (χ4n) is 0.834. The van der Waals surface area contributed by atoms with E-state index in [1.165, 1.54) is 5.56 Å². The van der Waals surface area contributed by atoms with Crippen LogP contribution < -0.4 is 5.73 Å². The number of aryl methyl sites for hydroxylation is 1. The Morgan fingerprint density at radius 2 is 1.83 bits per heavy atom. The second-order valence-corrected chi connectivity index (χ2v) is 2.92. The van der Waals surface area contributed by atoms with Crippen molar-refractivity contribution in [1.82, 2.24) is 0 Å². The summed E-state index contributed by atoms with van der Waals surface area (Å²) in [7, 11) is 0. The van der Waals surface area contributed by atoms with E-state index in [1.54, 1.807) is 0 Å². The first kappa shape index (κ1) is 8.83. The third kappa shape index (κ3) is 2.77. The highest BCUT2D eigenvalue weighted by Crippen LogP contribution is 2.00. The summed E-state index contributed by atoms with van der Waals surface area (Å²) in [4.78, 5) is 0. The van der Waals surface area contributed by atoms with Crippen molar-refractivity contribution in [2.24, 2.45) is 5.73 Å². The summed E-state index contributed by atoms with van der Waals surface area (Å²) in [6.07, 6.45) is 0. The zero-order valence-corrected chi connectivity index (χ0v) is 7.46. The molecule has 1 rings (SSSR count). The number of benzene rings is 1. The van der Waals surface area contributed by atoms with Gasteiger partial charge in [-0.05, 0) is 26.0 Å². The normalized spacial score (nSPS) is 11.6. The smallest absolute Gasteiger partial charge is 0.0639 e. The molecule has 0 saturated carbocycles. The van der Waals surface area contributed by atoms with Gasteiger partial charge in [-0.3, -0.25) is 0 Å². The molecule has 0 spiro atoms. The van der Waals surface area contributed by atoms with E-state index in [-0.39, 0.29) is 6.04 Å². The molecule has 1 unspecified atom stereocenters. The molecule has 2 N–H and O–H groups in total. The summed E-state index contributed by atoms with van der Waals surface area (Å²) in [5, 5.41) is 0. The van der Waals surface area contributed by atoms with E-state index in [0.717, 1.165) is 5.56 Å². The molecular formula is C11H13N. The van der Waals surface area contributed by atoms with Crippen molar-refractivity contribution >= 4 is 0 Å². The van der Waals surface area contributed by atoms with Gasteiger partial charge in [-0.15, -0.1) is 0 Å². The van der Waals surface area contributed by atoms with Crippen LogP contribution in [0.5, 0.6) is 0 Å². The molecule has 1 nitrogen and oxygen atoms in total. The lowest BCUT2D eigenvalue weighted by Gasteiger charge is -1.92. The van der Waals surface area contributed by atoms with Gasteiger partial charge in [-0.25, -0.2) is 0 Å². The summed E-state index contributed by atoms with van der Waals surface area (Å²) in [5.74, 6) is 5.91.